The number of piperidine rings is 1. The summed E-state index contributed by atoms with van der Waals surface area (Å²) >= 11 is 0. The van der Waals surface area contributed by atoms with Crippen LogP contribution in [-0.4, -0.2) is 31.2 Å². The molecule has 100 valence electrons. The standard InChI is InChI=1S/C15H19N3O/c1-18(12-6-4-8-16-10-12)14-9-11-5-2-3-7-13(11)15(19)17-14/h2-3,5,7,9,12,16H,4,6,8,10H2,1H3,(H,17,19). The lowest BCUT2D eigenvalue weighted by molar-refractivity contribution is 0.443. The van der Waals surface area contributed by atoms with E-state index in [4.69, 9.17) is 0 Å². The van der Waals surface area contributed by atoms with Gasteiger partial charge in [-0.1, -0.05) is 18.2 Å². The third-order valence-electron chi connectivity index (χ3n) is 3.94. The summed E-state index contributed by atoms with van der Waals surface area (Å²) < 4.78 is 0. The third-order valence-corrected chi connectivity index (χ3v) is 3.94. The van der Waals surface area contributed by atoms with E-state index < -0.39 is 0 Å². The van der Waals surface area contributed by atoms with Gasteiger partial charge in [0.25, 0.3) is 5.56 Å². The van der Waals surface area contributed by atoms with E-state index in [0.717, 1.165) is 29.7 Å². The van der Waals surface area contributed by atoms with Crippen LogP contribution in [-0.2, 0) is 0 Å². The van der Waals surface area contributed by atoms with Gasteiger partial charge >= 0.3 is 0 Å². The van der Waals surface area contributed by atoms with Gasteiger partial charge < -0.3 is 15.2 Å². The highest BCUT2D eigenvalue weighted by Crippen LogP contribution is 2.19. The fourth-order valence-electron chi connectivity index (χ4n) is 2.75. The molecular formula is C15H19N3O. The highest BCUT2D eigenvalue weighted by atomic mass is 16.1. The Morgan fingerprint density at radius 2 is 2.16 bits per heavy atom. The minimum atomic E-state index is -0.0104. The number of nitrogens with zero attached hydrogens (tertiary/aromatic N) is 1. The van der Waals surface area contributed by atoms with Crippen molar-refractivity contribution in [2.75, 3.05) is 25.0 Å². The molecule has 0 aliphatic carbocycles. The Kier molecular flexibility index (Phi) is 3.25. The van der Waals surface area contributed by atoms with E-state index in [0.29, 0.717) is 6.04 Å². The lowest BCUT2D eigenvalue weighted by Gasteiger charge is -2.33. The van der Waals surface area contributed by atoms with E-state index in [1.54, 1.807) is 0 Å². The Hall–Kier alpha value is -1.81. The number of pyridine rings is 1. The first kappa shape index (κ1) is 12.2. The van der Waals surface area contributed by atoms with Gasteiger partial charge in [0, 0.05) is 25.0 Å². The molecule has 4 nitrogen and oxygen atoms in total. The minimum Gasteiger partial charge on any atom is -0.357 e. The Bertz CT molecular complexity index is 629. The minimum absolute atomic E-state index is 0.0104. The zero-order valence-corrected chi connectivity index (χ0v) is 11.1. The van der Waals surface area contributed by atoms with Gasteiger partial charge in [-0.05, 0) is 36.9 Å². The van der Waals surface area contributed by atoms with E-state index in [2.05, 4.69) is 28.3 Å². The van der Waals surface area contributed by atoms with Crippen LogP contribution in [0.25, 0.3) is 10.8 Å². The van der Waals surface area contributed by atoms with Gasteiger partial charge in [-0.2, -0.15) is 0 Å². The molecule has 1 aromatic carbocycles. The molecule has 1 fully saturated rings. The highest BCUT2D eigenvalue weighted by Gasteiger charge is 2.18. The van der Waals surface area contributed by atoms with Crippen molar-refractivity contribution < 1.29 is 0 Å². The molecule has 1 saturated heterocycles. The zero-order chi connectivity index (χ0) is 13.2. The van der Waals surface area contributed by atoms with Crippen LogP contribution in [0.3, 0.4) is 0 Å². The van der Waals surface area contributed by atoms with Gasteiger partial charge in [-0.25, -0.2) is 0 Å². The van der Waals surface area contributed by atoms with E-state index >= 15 is 0 Å². The molecular weight excluding hydrogens is 238 g/mol. The molecule has 0 amide bonds. The van der Waals surface area contributed by atoms with E-state index in [9.17, 15) is 4.79 Å². The molecule has 1 unspecified atom stereocenters. The monoisotopic (exact) mass is 257 g/mol. The largest absolute Gasteiger partial charge is 0.357 e. The second-order valence-corrected chi connectivity index (χ2v) is 5.18. The number of rotatable bonds is 2. The van der Waals surface area contributed by atoms with Gasteiger partial charge in [-0.3, -0.25) is 4.79 Å². The molecule has 2 aromatic rings. The molecule has 19 heavy (non-hydrogen) atoms. The average Bonchev–Trinajstić information content (AvgIpc) is 2.47. The fraction of sp³-hybridized carbons (Fsp3) is 0.400. The van der Waals surface area contributed by atoms with Gasteiger partial charge in [0.05, 0.1) is 0 Å². The maximum atomic E-state index is 12.1. The Morgan fingerprint density at radius 1 is 1.32 bits per heavy atom. The summed E-state index contributed by atoms with van der Waals surface area (Å²) in [6.07, 6.45) is 2.35. The summed E-state index contributed by atoms with van der Waals surface area (Å²) in [5.41, 5.74) is -0.0104. The zero-order valence-electron chi connectivity index (χ0n) is 11.1. The molecule has 1 aliphatic rings. The van der Waals surface area contributed by atoms with Crippen LogP contribution in [0.4, 0.5) is 5.82 Å². The second-order valence-electron chi connectivity index (χ2n) is 5.18. The number of H-pyrrole nitrogens is 1. The lowest BCUT2D eigenvalue weighted by Crippen LogP contribution is -2.44. The number of hydrogen-bond acceptors (Lipinski definition) is 3. The number of benzene rings is 1. The first-order valence-corrected chi connectivity index (χ1v) is 6.81. The van der Waals surface area contributed by atoms with Gasteiger partial charge in [0.15, 0.2) is 0 Å². The molecule has 0 saturated carbocycles. The summed E-state index contributed by atoms with van der Waals surface area (Å²) in [5, 5.41) is 5.15. The molecule has 2 heterocycles. The summed E-state index contributed by atoms with van der Waals surface area (Å²) in [4.78, 5) is 17.3. The van der Waals surface area contributed by atoms with Crippen molar-refractivity contribution in [1.29, 1.82) is 0 Å². The van der Waals surface area contributed by atoms with Crippen LogP contribution in [0.1, 0.15) is 12.8 Å². The van der Waals surface area contributed by atoms with Crippen molar-refractivity contribution in [3.05, 3.63) is 40.7 Å². The maximum absolute atomic E-state index is 12.1. The van der Waals surface area contributed by atoms with E-state index in [1.165, 1.54) is 12.8 Å². The Balaban J connectivity index is 1.98. The average molecular weight is 257 g/mol. The number of aromatic nitrogens is 1. The van der Waals surface area contributed by atoms with E-state index in [-0.39, 0.29) is 5.56 Å². The Labute approximate surface area is 112 Å². The molecule has 4 heteroatoms. The molecule has 0 bridgehead atoms. The van der Waals surface area contributed by atoms with Crippen LogP contribution in [0.15, 0.2) is 35.1 Å². The van der Waals surface area contributed by atoms with Gasteiger partial charge in [0.2, 0.25) is 0 Å². The number of hydrogen-bond donors (Lipinski definition) is 2. The van der Waals surface area contributed by atoms with Crippen molar-refractivity contribution in [2.24, 2.45) is 0 Å². The quantitative estimate of drug-likeness (QED) is 0.861. The first-order valence-electron chi connectivity index (χ1n) is 6.81. The summed E-state index contributed by atoms with van der Waals surface area (Å²) in [6, 6.07) is 10.2. The maximum Gasteiger partial charge on any atom is 0.257 e. The molecule has 1 atom stereocenters. The Morgan fingerprint density at radius 3 is 2.95 bits per heavy atom. The number of anilines is 1. The molecule has 1 aromatic heterocycles. The first-order chi connectivity index (χ1) is 9.25. The van der Waals surface area contributed by atoms with Gasteiger partial charge in [0.1, 0.15) is 5.82 Å². The van der Waals surface area contributed by atoms with Crippen molar-refractivity contribution >= 4 is 16.6 Å². The predicted octanol–water partition coefficient (Wildman–Crippen LogP) is 1.72. The number of aromatic amines is 1. The van der Waals surface area contributed by atoms with Crippen LogP contribution in [0.5, 0.6) is 0 Å². The van der Waals surface area contributed by atoms with Crippen LogP contribution in [0.2, 0.25) is 0 Å². The number of nitrogens with one attached hydrogen (secondary N) is 2. The fourth-order valence-corrected chi connectivity index (χ4v) is 2.75. The number of likely N-dealkylation sites (N-methyl/N-ethyl adjacent to an activating group) is 1. The van der Waals surface area contributed by atoms with Gasteiger partial charge in [-0.15, -0.1) is 0 Å². The molecule has 2 N–H and O–H groups in total. The third kappa shape index (κ3) is 2.36. The molecule has 3 rings (SSSR count). The molecule has 0 spiro atoms. The lowest BCUT2D eigenvalue weighted by atomic mass is 10.1. The van der Waals surface area contributed by atoms with Crippen molar-refractivity contribution in [2.45, 2.75) is 18.9 Å². The van der Waals surface area contributed by atoms with Crippen LogP contribution in [0, 0.1) is 0 Å². The van der Waals surface area contributed by atoms with E-state index in [1.807, 2.05) is 24.3 Å². The summed E-state index contributed by atoms with van der Waals surface area (Å²) in [7, 11) is 2.05. The molecule has 1 aliphatic heterocycles. The topological polar surface area (TPSA) is 48.1 Å². The van der Waals surface area contributed by atoms with Crippen molar-refractivity contribution in [3.63, 3.8) is 0 Å². The highest BCUT2D eigenvalue weighted by molar-refractivity contribution is 5.83. The SMILES string of the molecule is CN(c1cc2ccccc2c(=O)[nH]1)C1CCCNC1. The predicted molar refractivity (Wildman–Crippen MR) is 78.9 cm³/mol. The smallest absolute Gasteiger partial charge is 0.257 e. The van der Waals surface area contributed by atoms with Crippen molar-refractivity contribution in [1.82, 2.24) is 10.3 Å². The van der Waals surface area contributed by atoms with Crippen LogP contribution < -0.4 is 15.8 Å². The van der Waals surface area contributed by atoms with Crippen LogP contribution >= 0.6 is 0 Å². The number of fused-ring (bicyclic) bond motifs is 1. The summed E-state index contributed by atoms with van der Waals surface area (Å²) in [5.74, 6) is 0.900. The second kappa shape index (κ2) is 5.05. The summed E-state index contributed by atoms with van der Waals surface area (Å²) in [6.45, 7) is 2.07. The normalized spacial score (nSPS) is 19.5. The molecule has 0 radical (unpaired) electrons. The van der Waals surface area contributed by atoms with Crippen molar-refractivity contribution in [3.8, 4) is 0 Å².